The van der Waals surface area contributed by atoms with Crippen LogP contribution in [0.2, 0.25) is 0 Å². The van der Waals surface area contributed by atoms with Crippen LogP contribution in [-0.4, -0.2) is 21.9 Å². The van der Waals surface area contributed by atoms with Crippen LogP contribution in [0, 0.1) is 11.8 Å². The Morgan fingerprint density at radius 2 is 2.00 bits per heavy atom. The molecule has 0 saturated carbocycles. The maximum Gasteiger partial charge on any atom is 0.416 e. The van der Waals surface area contributed by atoms with E-state index in [1.54, 1.807) is 0 Å². The van der Waals surface area contributed by atoms with Crippen LogP contribution in [-0.2, 0) is 11.0 Å². The van der Waals surface area contributed by atoms with Crippen LogP contribution in [0.5, 0.6) is 0 Å². The monoisotopic (exact) mass is 302 g/mol. The zero-order valence-electron chi connectivity index (χ0n) is 10.2. The second-order valence-electron chi connectivity index (χ2n) is 3.65. The molecule has 0 spiro atoms. The fourth-order valence-corrected chi connectivity index (χ4v) is 1.63. The van der Waals surface area contributed by atoms with Crippen LogP contribution in [0.3, 0.4) is 0 Å². The standard InChI is InChI=1S/C13H9F3O3S/c1-8(17)20-6-2-3-9-7-10(13(14,15)16)4-5-11(9)12(18)19/h4-5,7H,6H2,1H3,(H,18,19). The summed E-state index contributed by atoms with van der Waals surface area (Å²) in [5.41, 5.74) is -1.50. The van der Waals surface area contributed by atoms with Crippen molar-refractivity contribution in [3.05, 3.63) is 34.9 Å². The van der Waals surface area contributed by atoms with E-state index >= 15 is 0 Å². The van der Waals surface area contributed by atoms with Gasteiger partial charge in [0, 0.05) is 12.5 Å². The van der Waals surface area contributed by atoms with Gasteiger partial charge in [-0.3, -0.25) is 4.79 Å². The SMILES string of the molecule is CC(=O)SCC#Cc1cc(C(F)(F)F)ccc1C(=O)O. The van der Waals surface area contributed by atoms with E-state index in [9.17, 15) is 22.8 Å². The molecule has 0 aliphatic rings. The molecule has 3 nitrogen and oxygen atoms in total. The van der Waals surface area contributed by atoms with Crippen molar-refractivity contribution >= 4 is 22.8 Å². The molecule has 0 fully saturated rings. The van der Waals surface area contributed by atoms with E-state index in [0.717, 1.165) is 17.8 Å². The van der Waals surface area contributed by atoms with Gasteiger partial charge in [-0.1, -0.05) is 23.6 Å². The smallest absolute Gasteiger partial charge is 0.416 e. The first-order chi connectivity index (χ1) is 9.21. The molecule has 20 heavy (non-hydrogen) atoms. The zero-order chi connectivity index (χ0) is 15.3. The van der Waals surface area contributed by atoms with Crippen LogP contribution in [0.1, 0.15) is 28.4 Å². The first-order valence-corrected chi connectivity index (χ1v) is 6.27. The van der Waals surface area contributed by atoms with Crippen molar-refractivity contribution in [2.24, 2.45) is 0 Å². The Morgan fingerprint density at radius 3 is 2.50 bits per heavy atom. The number of thioether (sulfide) groups is 1. The van der Waals surface area contributed by atoms with Gasteiger partial charge in [-0.25, -0.2) is 4.79 Å². The highest BCUT2D eigenvalue weighted by Crippen LogP contribution is 2.30. The molecule has 0 amide bonds. The lowest BCUT2D eigenvalue weighted by Crippen LogP contribution is -2.08. The van der Waals surface area contributed by atoms with E-state index in [1.807, 2.05) is 0 Å². The van der Waals surface area contributed by atoms with Gasteiger partial charge in [0.05, 0.1) is 16.9 Å². The third-order valence-corrected chi connectivity index (χ3v) is 2.84. The van der Waals surface area contributed by atoms with Gasteiger partial charge in [0.2, 0.25) is 0 Å². The Hall–Kier alpha value is -1.94. The van der Waals surface area contributed by atoms with Gasteiger partial charge in [-0.05, 0) is 18.2 Å². The minimum absolute atomic E-state index is 0.0879. The second kappa shape index (κ2) is 6.48. The number of carboxylic acids is 1. The largest absolute Gasteiger partial charge is 0.478 e. The minimum atomic E-state index is -4.57. The lowest BCUT2D eigenvalue weighted by molar-refractivity contribution is -0.137. The predicted molar refractivity (Wildman–Crippen MR) is 68.4 cm³/mol. The summed E-state index contributed by atoms with van der Waals surface area (Å²) in [6.07, 6.45) is -4.57. The van der Waals surface area contributed by atoms with Crippen molar-refractivity contribution in [3.8, 4) is 11.8 Å². The Bertz CT molecular complexity index is 597. The first-order valence-electron chi connectivity index (χ1n) is 5.28. The molecule has 0 aromatic heterocycles. The molecule has 0 aliphatic heterocycles. The quantitative estimate of drug-likeness (QED) is 0.853. The molecule has 0 heterocycles. The fourth-order valence-electron chi connectivity index (χ4n) is 1.28. The summed E-state index contributed by atoms with van der Waals surface area (Å²) in [5.74, 6) is 3.56. The van der Waals surface area contributed by atoms with Gasteiger partial charge in [-0.15, -0.1) is 0 Å². The van der Waals surface area contributed by atoms with Gasteiger partial charge < -0.3 is 5.11 Å². The number of carbonyl (C=O) groups is 2. The van der Waals surface area contributed by atoms with Crippen LogP contribution in [0.15, 0.2) is 18.2 Å². The maximum atomic E-state index is 12.6. The van der Waals surface area contributed by atoms with Crippen molar-refractivity contribution in [1.29, 1.82) is 0 Å². The zero-order valence-corrected chi connectivity index (χ0v) is 11.1. The van der Waals surface area contributed by atoms with Crippen LogP contribution >= 0.6 is 11.8 Å². The molecule has 106 valence electrons. The predicted octanol–water partition coefficient (Wildman–Crippen LogP) is 3.03. The Balaban J connectivity index is 3.13. The highest BCUT2D eigenvalue weighted by Gasteiger charge is 2.31. The molecule has 1 N–H and O–H groups in total. The van der Waals surface area contributed by atoms with E-state index in [2.05, 4.69) is 11.8 Å². The van der Waals surface area contributed by atoms with Gasteiger partial charge in [0.25, 0.3) is 0 Å². The van der Waals surface area contributed by atoms with Gasteiger partial charge in [0.15, 0.2) is 5.12 Å². The highest BCUT2D eigenvalue weighted by atomic mass is 32.2. The number of aromatic carboxylic acids is 1. The first kappa shape index (κ1) is 16.1. The van der Waals surface area contributed by atoms with E-state index < -0.39 is 17.7 Å². The van der Waals surface area contributed by atoms with Crippen LogP contribution < -0.4 is 0 Å². The minimum Gasteiger partial charge on any atom is -0.478 e. The number of alkyl halides is 3. The molecular formula is C13H9F3O3S. The van der Waals surface area contributed by atoms with Crippen molar-refractivity contribution in [2.75, 3.05) is 5.75 Å². The third kappa shape index (κ3) is 4.63. The number of rotatable bonds is 2. The van der Waals surface area contributed by atoms with E-state index in [4.69, 9.17) is 5.11 Å². The Labute approximate surface area is 117 Å². The molecule has 0 radical (unpaired) electrons. The molecule has 7 heteroatoms. The van der Waals surface area contributed by atoms with Crippen molar-refractivity contribution in [3.63, 3.8) is 0 Å². The van der Waals surface area contributed by atoms with Crippen LogP contribution in [0.4, 0.5) is 13.2 Å². The third-order valence-electron chi connectivity index (χ3n) is 2.15. The number of carbonyl (C=O) groups excluding carboxylic acids is 1. The Morgan fingerprint density at radius 1 is 1.35 bits per heavy atom. The molecule has 1 aromatic carbocycles. The van der Waals surface area contributed by atoms with Crippen molar-refractivity contribution < 1.29 is 27.9 Å². The molecule has 1 aromatic rings. The van der Waals surface area contributed by atoms with Crippen LogP contribution in [0.25, 0.3) is 0 Å². The molecule has 1 rings (SSSR count). The summed E-state index contributed by atoms with van der Waals surface area (Å²) in [5, 5.41) is 8.72. The van der Waals surface area contributed by atoms with Gasteiger partial charge in [0.1, 0.15) is 0 Å². The second-order valence-corrected chi connectivity index (χ2v) is 4.80. The summed E-state index contributed by atoms with van der Waals surface area (Å²) in [7, 11) is 0. The molecule has 0 unspecified atom stereocenters. The number of hydrogen-bond donors (Lipinski definition) is 1. The summed E-state index contributed by atoms with van der Waals surface area (Å²) in [4.78, 5) is 21.6. The highest BCUT2D eigenvalue weighted by molar-refractivity contribution is 8.13. The normalized spacial score (nSPS) is 10.6. The maximum absolute atomic E-state index is 12.6. The summed E-state index contributed by atoms with van der Waals surface area (Å²) in [6, 6.07) is 2.25. The average Bonchev–Trinajstić information content (AvgIpc) is 2.32. The molecular weight excluding hydrogens is 293 g/mol. The average molecular weight is 302 g/mol. The van der Waals surface area contributed by atoms with Crippen molar-refractivity contribution in [1.82, 2.24) is 0 Å². The molecule has 0 aliphatic carbocycles. The van der Waals surface area contributed by atoms with E-state index in [1.165, 1.54) is 6.92 Å². The summed E-state index contributed by atoms with van der Waals surface area (Å²) in [6.45, 7) is 1.33. The topological polar surface area (TPSA) is 54.4 Å². The summed E-state index contributed by atoms with van der Waals surface area (Å²) >= 11 is 0.892. The molecule has 0 atom stereocenters. The van der Waals surface area contributed by atoms with Gasteiger partial charge in [-0.2, -0.15) is 13.2 Å². The van der Waals surface area contributed by atoms with Gasteiger partial charge >= 0.3 is 12.1 Å². The lowest BCUT2D eigenvalue weighted by atomic mass is 10.0. The van der Waals surface area contributed by atoms with Crippen molar-refractivity contribution in [2.45, 2.75) is 13.1 Å². The lowest BCUT2D eigenvalue weighted by Gasteiger charge is -2.08. The number of benzene rings is 1. The van der Waals surface area contributed by atoms with E-state index in [-0.39, 0.29) is 22.0 Å². The number of hydrogen-bond acceptors (Lipinski definition) is 3. The molecule has 0 saturated heterocycles. The number of carboxylic acid groups (broad SMARTS) is 1. The molecule has 0 bridgehead atoms. The van der Waals surface area contributed by atoms with E-state index in [0.29, 0.717) is 12.1 Å². The Kier molecular flexibility index (Phi) is 5.22. The summed E-state index contributed by atoms with van der Waals surface area (Å²) < 4.78 is 37.7. The number of halogens is 3. The fraction of sp³-hybridized carbons (Fsp3) is 0.231.